The highest BCUT2D eigenvalue weighted by Gasteiger charge is 2.46. The lowest BCUT2D eigenvalue weighted by atomic mass is 9.85. The summed E-state index contributed by atoms with van der Waals surface area (Å²) in [4.78, 5) is 32.2. The fourth-order valence-corrected chi connectivity index (χ4v) is 4.38. The Hall–Kier alpha value is -3.73. The van der Waals surface area contributed by atoms with Crippen LogP contribution < -0.4 is 0 Å². The van der Waals surface area contributed by atoms with E-state index in [0.717, 1.165) is 27.8 Å². The molecule has 1 amide bonds. The predicted octanol–water partition coefficient (Wildman–Crippen LogP) is 5.62. The molecule has 1 N–H and O–H groups in total. The number of aryl methyl sites for hydroxylation is 2. The molecular weight excluding hydrogens is 424 g/mol. The summed E-state index contributed by atoms with van der Waals surface area (Å²) in [6.45, 7) is 10.4. The van der Waals surface area contributed by atoms with Gasteiger partial charge < -0.3 is 10.0 Å². The van der Waals surface area contributed by atoms with Crippen LogP contribution in [0.15, 0.2) is 72.6 Å². The zero-order chi connectivity index (χ0) is 24.6. The predicted molar refractivity (Wildman–Crippen MR) is 133 cm³/mol. The molecule has 5 heteroatoms. The number of nitrogens with zero attached hydrogens (tertiary/aromatic N) is 2. The molecule has 1 aromatic heterocycles. The molecule has 0 spiro atoms. The molecule has 174 valence electrons. The average Bonchev–Trinajstić information content (AvgIpc) is 3.05. The van der Waals surface area contributed by atoms with Crippen molar-refractivity contribution in [2.75, 3.05) is 0 Å². The zero-order valence-electron chi connectivity index (χ0n) is 20.3. The third-order valence-electron chi connectivity index (χ3n) is 6.36. The number of likely N-dealkylation sites (tertiary alicyclic amines) is 1. The Labute approximate surface area is 200 Å². The summed E-state index contributed by atoms with van der Waals surface area (Å²) in [5.41, 5.74) is 5.19. The molecule has 0 aliphatic carbocycles. The maximum absolute atomic E-state index is 13.3. The first-order valence-corrected chi connectivity index (χ1v) is 11.4. The largest absolute Gasteiger partial charge is 0.507 e. The first-order valence-electron chi connectivity index (χ1n) is 11.4. The summed E-state index contributed by atoms with van der Waals surface area (Å²) < 4.78 is 0. The van der Waals surface area contributed by atoms with Crippen LogP contribution >= 0.6 is 0 Å². The number of pyridine rings is 1. The Bertz CT molecular complexity index is 1270. The standard InChI is InChI=1S/C29H30N2O3/c1-18-8-9-19(2)23(15-18)26(32)24-25(21-10-12-22(13-11-21)29(3,4)5)31(28(34)27(24)33)17-20-7-6-14-30-16-20/h6-16,25,32H,17H2,1-5H3. The number of ketones is 1. The average molecular weight is 455 g/mol. The maximum atomic E-state index is 13.3. The highest BCUT2D eigenvalue weighted by atomic mass is 16.3. The number of carbonyl (C=O) groups is 2. The Morgan fingerprint density at radius 3 is 2.35 bits per heavy atom. The van der Waals surface area contributed by atoms with Gasteiger partial charge in [-0.15, -0.1) is 0 Å². The van der Waals surface area contributed by atoms with E-state index in [2.05, 4.69) is 25.8 Å². The van der Waals surface area contributed by atoms with E-state index in [-0.39, 0.29) is 23.3 Å². The van der Waals surface area contributed by atoms with Crippen LogP contribution in [0.1, 0.15) is 60.2 Å². The van der Waals surface area contributed by atoms with Crippen LogP contribution in [0.2, 0.25) is 0 Å². The minimum absolute atomic E-state index is 0.0330. The van der Waals surface area contributed by atoms with Crippen LogP contribution in [0.4, 0.5) is 0 Å². The number of rotatable bonds is 4. The van der Waals surface area contributed by atoms with Crippen molar-refractivity contribution in [3.63, 3.8) is 0 Å². The number of benzene rings is 2. The second-order valence-electron chi connectivity index (χ2n) is 9.98. The van der Waals surface area contributed by atoms with Gasteiger partial charge in [0.05, 0.1) is 11.6 Å². The van der Waals surface area contributed by atoms with E-state index >= 15 is 0 Å². The minimum atomic E-state index is -0.700. The van der Waals surface area contributed by atoms with Crippen molar-refractivity contribution in [3.8, 4) is 0 Å². The van der Waals surface area contributed by atoms with E-state index in [9.17, 15) is 14.7 Å². The van der Waals surface area contributed by atoms with Crippen molar-refractivity contribution in [2.45, 2.75) is 52.6 Å². The molecule has 1 unspecified atom stereocenters. The lowest BCUT2D eigenvalue weighted by Crippen LogP contribution is -2.29. The Kier molecular flexibility index (Phi) is 6.13. The van der Waals surface area contributed by atoms with Crippen LogP contribution in [0.5, 0.6) is 0 Å². The maximum Gasteiger partial charge on any atom is 0.295 e. The van der Waals surface area contributed by atoms with Crippen LogP contribution in [0.3, 0.4) is 0 Å². The molecule has 0 radical (unpaired) electrons. The first kappa shape index (κ1) is 23.4. The number of hydrogen-bond acceptors (Lipinski definition) is 4. The SMILES string of the molecule is Cc1ccc(C)c(C(O)=C2C(=O)C(=O)N(Cc3cccnc3)C2c2ccc(C(C)(C)C)cc2)c1. The summed E-state index contributed by atoms with van der Waals surface area (Å²) in [5.74, 6) is -1.44. The van der Waals surface area contributed by atoms with Crippen LogP contribution in [-0.2, 0) is 21.5 Å². The van der Waals surface area contributed by atoms with Crippen molar-refractivity contribution in [3.05, 3.63) is 106 Å². The monoisotopic (exact) mass is 454 g/mol. The number of aromatic nitrogens is 1. The highest BCUT2D eigenvalue weighted by molar-refractivity contribution is 6.46. The Morgan fingerprint density at radius 2 is 1.74 bits per heavy atom. The molecule has 0 bridgehead atoms. The van der Waals surface area contributed by atoms with Gasteiger partial charge in [-0.3, -0.25) is 14.6 Å². The summed E-state index contributed by atoms with van der Waals surface area (Å²) in [7, 11) is 0. The zero-order valence-corrected chi connectivity index (χ0v) is 20.3. The van der Waals surface area contributed by atoms with Gasteiger partial charge in [0.25, 0.3) is 11.7 Å². The van der Waals surface area contributed by atoms with Crippen molar-refractivity contribution < 1.29 is 14.7 Å². The molecule has 1 atom stereocenters. The molecule has 1 aliphatic rings. The molecule has 3 aromatic rings. The Balaban J connectivity index is 1.89. The van der Waals surface area contributed by atoms with E-state index in [1.807, 2.05) is 62.4 Å². The number of aliphatic hydroxyl groups is 1. The second kappa shape index (κ2) is 8.90. The number of Topliss-reactive ketones (excluding diaryl/α,β-unsaturated/α-hetero) is 1. The third kappa shape index (κ3) is 4.38. The van der Waals surface area contributed by atoms with Crippen molar-refractivity contribution in [1.29, 1.82) is 0 Å². The van der Waals surface area contributed by atoms with Gasteiger partial charge in [0.1, 0.15) is 5.76 Å². The van der Waals surface area contributed by atoms with Crippen molar-refractivity contribution >= 4 is 17.4 Å². The van der Waals surface area contributed by atoms with Gasteiger partial charge >= 0.3 is 0 Å². The van der Waals surface area contributed by atoms with E-state index in [1.165, 1.54) is 4.90 Å². The highest BCUT2D eigenvalue weighted by Crippen LogP contribution is 2.41. The Morgan fingerprint density at radius 1 is 1.03 bits per heavy atom. The van der Waals surface area contributed by atoms with Crippen molar-refractivity contribution in [1.82, 2.24) is 9.88 Å². The van der Waals surface area contributed by atoms with Gasteiger partial charge in [-0.2, -0.15) is 0 Å². The number of amides is 1. The van der Waals surface area contributed by atoms with E-state index in [4.69, 9.17) is 0 Å². The van der Waals surface area contributed by atoms with Gasteiger partial charge in [0.2, 0.25) is 0 Å². The van der Waals surface area contributed by atoms with Crippen LogP contribution in [-0.4, -0.2) is 26.7 Å². The molecule has 2 heterocycles. The molecular formula is C29H30N2O3. The minimum Gasteiger partial charge on any atom is -0.507 e. The van der Waals surface area contributed by atoms with Gasteiger partial charge in [-0.1, -0.05) is 68.8 Å². The molecule has 34 heavy (non-hydrogen) atoms. The summed E-state index contributed by atoms with van der Waals surface area (Å²) in [6.07, 6.45) is 3.35. The van der Waals surface area contributed by atoms with E-state index in [0.29, 0.717) is 5.56 Å². The lowest BCUT2D eigenvalue weighted by Gasteiger charge is -2.26. The number of aliphatic hydroxyl groups excluding tert-OH is 1. The summed E-state index contributed by atoms with van der Waals surface area (Å²) in [6, 6.07) is 16.6. The molecule has 4 rings (SSSR count). The van der Waals surface area contributed by atoms with Gasteiger partial charge in [-0.05, 0) is 53.6 Å². The molecule has 1 saturated heterocycles. The number of carbonyl (C=O) groups excluding carboxylic acids is 2. The molecule has 1 fully saturated rings. The second-order valence-corrected chi connectivity index (χ2v) is 9.98. The van der Waals surface area contributed by atoms with Crippen LogP contribution in [0.25, 0.3) is 5.76 Å². The quantitative estimate of drug-likeness (QED) is 0.316. The smallest absolute Gasteiger partial charge is 0.295 e. The topological polar surface area (TPSA) is 70.5 Å². The van der Waals surface area contributed by atoms with E-state index in [1.54, 1.807) is 18.5 Å². The molecule has 5 nitrogen and oxygen atoms in total. The normalized spacial score (nSPS) is 17.9. The van der Waals surface area contributed by atoms with Gasteiger partial charge in [0, 0.05) is 24.5 Å². The van der Waals surface area contributed by atoms with E-state index < -0.39 is 17.7 Å². The summed E-state index contributed by atoms with van der Waals surface area (Å²) >= 11 is 0. The fraction of sp³-hybridized carbons (Fsp3) is 0.276. The van der Waals surface area contributed by atoms with Crippen LogP contribution in [0, 0.1) is 13.8 Å². The first-order chi connectivity index (χ1) is 16.1. The molecule has 0 saturated carbocycles. The third-order valence-corrected chi connectivity index (χ3v) is 6.36. The van der Waals surface area contributed by atoms with Gasteiger partial charge in [-0.25, -0.2) is 0 Å². The number of hydrogen-bond donors (Lipinski definition) is 1. The molecule has 1 aliphatic heterocycles. The van der Waals surface area contributed by atoms with Crippen molar-refractivity contribution in [2.24, 2.45) is 0 Å². The summed E-state index contributed by atoms with van der Waals surface area (Å²) in [5, 5.41) is 11.4. The molecule has 2 aromatic carbocycles. The van der Waals surface area contributed by atoms with Gasteiger partial charge in [0.15, 0.2) is 0 Å². The lowest BCUT2D eigenvalue weighted by molar-refractivity contribution is -0.140. The fourth-order valence-electron chi connectivity index (χ4n) is 4.38.